The minimum Gasteiger partial charge on any atom is -0.383 e. The Hall–Kier alpha value is -1.25. The van der Waals surface area contributed by atoms with Gasteiger partial charge in [0.25, 0.3) is 5.56 Å². The van der Waals surface area contributed by atoms with Crippen molar-refractivity contribution in [1.29, 1.82) is 0 Å². The van der Waals surface area contributed by atoms with Crippen LogP contribution in [0.2, 0.25) is 0 Å². The summed E-state index contributed by atoms with van der Waals surface area (Å²) in [6.07, 6.45) is 4.24. The summed E-state index contributed by atoms with van der Waals surface area (Å²) in [6, 6.07) is 0. The van der Waals surface area contributed by atoms with Crippen molar-refractivity contribution in [3.63, 3.8) is 0 Å². The van der Waals surface area contributed by atoms with Crippen molar-refractivity contribution in [3.05, 3.63) is 37.6 Å². The van der Waals surface area contributed by atoms with Gasteiger partial charge in [0.05, 0.1) is 30.0 Å². The largest absolute Gasteiger partial charge is 0.383 e. The summed E-state index contributed by atoms with van der Waals surface area (Å²) < 4.78 is 6.80. The minimum atomic E-state index is -0.165. The third-order valence-corrected chi connectivity index (χ3v) is 4.24. The molecule has 6 nitrogen and oxygen atoms in total. The Bertz CT molecular complexity index is 600. The van der Waals surface area contributed by atoms with Crippen LogP contribution in [-0.4, -0.2) is 35.0 Å². The van der Waals surface area contributed by atoms with Gasteiger partial charge in [0.1, 0.15) is 4.47 Å². The molecule has 0 amide bonds. The molecule has 0 saturated heterocycles. The van der Waals surface area contributed by atoms with E-state index < -0.39 is 0 Å². The number of nitrogens with zero attached hydrogens (tertiary/aromatic N) is 3. The minimum absolute atomic E-state index is 0.165. The van der Waals surface area contributed by atoms with Crippen molar-refractivity contribution in [3.8, 4) is 0 Å². The third-order valence-electron chi connectivity index (χ3n) is 2.63. The van der Waals surface area contributed by atoms with E-state index in [2.05, 4.69) is 31.3 Å². The summed E-state index contributed by atoms with van der Waals surface area (Å²) >= 11 is 4.93. The molecule has 0 saturated carbocycles. The van der Waals surface area contributed by atoms with Crippen molar-refractivity contribution in [2.45, 2.75) is 13.0 Å². The first-order chi connectivity index (χ1) is 9.72. The molecule has 0 aliphatic heterocycles. The van der Waals surface area contributed by atoms with E-state index in [0.717, 1.165) is 11.4 Å². The fraction of sp³-hybridized carbons (Fsp3) is 0.417. The second kappa shape index (κ2) is 7.51. The van der Waals surface area contributed by atoms with Crippen LogP contribution in [0.3, 0.4) is 0 Å². The van der Waals surface area contributed by atoms with Crippen LogP contribution in [-0.2, 0) is 17.7 Å². The van der Waals surface area contributed by atoms with E-state index in [0.29, 0.717) is 29.9 Å². The summed E-state index contributed by atoms with van der Waals surface area (Å²) in [6.45, 7) is 1.60. The first-order valence-electron chi connectivity index (χ1n) is 6.09. The molecule has 20 heavy (non-hydrogen) atoms. The summed E-state index contributed by atoms with van der Waals surface area (Å²) in [5.74, 6) is 0. The average Bonchev–Trinajstić information content (AvgIpc) is 2.96. The van der Waals surface area contributed by atoms with E-state index in [1.165, 1.54) is 4.68 Å². The molecule has 0 unspecified atom stereocenters. The molecule has 0 atom stereocenters. The van der Waals surface area contributed by atoms with Crippen LogP contribution in [0.5, 0.6) is 0 Å². The topological polar surface area (TPSA) is 69.0 Å². The SMILES string of the molecule is COCCn1ncc(NCCc2nccs2)c(Br)c1=O. The average molecular weight is 359 g/mol. The molecule has 2 heterocycles. The molecule has 0 aliphatic carbocycles. The quantitative estimate of drug-likeness (QED) is 0.816. The Morgan fingerprint density at radius 1 is 1.55 bits per heavy atom. The number of thiazole rings is 1. The van der Waals surface area contributed by atoms with Gasteiger partial charge in [-0.1, -0.05) is 0 Å². The predicted molar refractivity (Wildman–Crippen MR) is 82.4 cm³/mol. The zero-order valence-corrected chi connectivity index (χ0v) is 13.4. The number of nitrogens with one attached hydrogen (secondary N) is 1. The highest BCUT2D eigenvalue weighted by Gasteiger charge is 2.08. The lowest BCUT2D eigenvalue weighted by Gasteiger charge is -2.09. The Morgan fingerprint density at radius 2 is 2.40 bits per heavy atom. The van der Waals surface area contributed by atoms with Gasteiger partial charge in [-0.2, -0.15) is 5.10 Å². The smallest absolute Gasteiger partial charge is 0.283 e. The van der Waals surface area contributed by atoms with Crippen molar-refractivity contribution >= 4 is 33.0 Å². The molecular formula is C12H15BrN4O2S. The van der Waals surface area contributed by atoms with Crippen LogP contribution in [0.25, 0.3) is 0 Å². The maximum Gasteiger partial charge on any atom is 0.283 e. The second-order valence-electron chi connectivity index (χ2n) is 4.00. The van der Waals surface area contributed by atoms with Gasteiger partial charge in [-0.25, -0.2) is 9.67 Å². The molecule has 1 N–H and O–H groups in total. The van der Waals surface area contributed by atoms with E-state index >= 15 is 0 Å². The van der Waals surface area contributed by atoms with E-state index in [1.54, 1.807) is 30.8 Å². The fourth-order valence-corrected chi connectivity index (χ4v) is 2.67. The van der Waals surface area contributed by atoms with Crippen LogP contribution in [0, 0.1) is 0 Å². The number of hydrogen-bond acceptors (Lipinski definition) is 6. The molecule has 0 radical (unpaired) electrons. The highest BCUT2D eigenvalue weighted by Crippen LogP contribution is 2.16. The molecule has 0 aromatic carbocycles. The van der Waals surface area contributed by atoms with Crippen LogP contribution in [0.4, 0.5) is 5.69 Å². The first-order valence-corrected chi connectivity index (χ1v) is 7.76. The van der Waals surface area contributed by atoms with Crippen LogP contribution >= 0.6 is 27.3 Å². The molecule has 8 heteroatoms. The molecule has 2 aromatic rings. The number of aromatic nitrogens is 3. The molecule has 0 spiro atoms. The van der Waals surface area contributed by atoms with E-state index in [-0.39, 0.29) is 5.56 Å². The number of rotatable bonds is 7. The highest BCUT2D eigenvalue weighted by atomic mass is 79.9. The lowest BCUT2D eigenvalue weighted by Crippen LogP contribution is -2.26. The Balaban J connectivity index is 1.98. The van der Waals surface area contributed by atoms with Gasteiger partial charge in [-0.15, -0.1) is 11.3 Å². The summed E-state index contributed by atoms with van der Waals surface area (Å²) in [7, 11) is 1.59. The lowest BCUT2D eigenvalue weighted by atomic mass is 10.4. The van der Waals surface area contributed by atoms with Gasteiger partial charge in [-0.3, -0.25) is 4.79 Å². The van der Waals surface area contributed by atoms with Crippen molar-refractivity contribution in [1.82, 2.24) is 14.8 Å². The van der Waals surface area contributed by atoms with Crippen molar-refractivity contribution < 1.29 is 4.74 Å². The molecule has 2 aromatic heterocycles. The van der Waals surface area contributed by atoms with Crippen LogP contribution < -0.4 is 10.9 Å². The second-order valence-corrected chi connectivity index (χ2v) is 5.77. The summed E-state index contributed by atoms with van der Waals surface area (Å²) in [5.41, 5.74) is 0.529. The van der Waals surface area contributed by atoms with Gasteiger partial charge >= 0.3 is 0 Å². The molecule has 0 fully saturated rings. The van der Waals surface area contributed by atoms with Crippen molar-refractivity contribution in [2.75, 3.05) is 25.6 Å². The molecule has 0 bridgehead atoms. The van der Waals surface area contributed by atoms with Gasteiger partial charge in [0.2, 0.25) is 0 Å². The zero-order valence-electron chi connectivity index (χ0n) is 11.0. The Labute approximate surface area is 128 Å². The summed E-state index contributed by atoms with van der Waals surface area (Å²) in [4.78, 5) is 16.2. The van der Waals surface area contributed by atoms with Crippen LogP contribution in [0.15, 0.2) is 27.0 Å². The Kier molecular flexibility index (Phi) is 5.69. The first kappa shape index (κ1) is 15.1. The number of anilines is 1. The molecular weight excluding hydrogens is 344 g/mol. The van der Waals surface area contributed by atoms with Gasteiger partial charge in [-0.05, 0) is 15.9 Å². The Morgan fingerprint density at radius 3 is 3.10 bits per heavy atom. The lowest BCUT2D eigenvalue weighted by molar-refractivity contribution is 0.181. The summed E-state index contributed by atoms with van der Waals surface area (Å²) in [5, 5.41) is 10.3. The fourth-order valence-electron chi connectivity index (χ4n) is 1.61. The van der Waals surface area contributed by atoms with Crippen molar-refractivity contribution in [2.24, 2.45) is 0 Å². The van der Waals surface area contributed by atoms with Gasteiger partial charge in [0, 0.05) is 31.7 Å². The van der Waals surface area contributed by atoms with Crippen LogP contribution in [0.1, 0.15) is 5.01 Å². The normalized spacial score (nSPS) is 10.7. The van der Waals surface area contributed by atoms with Gasteiger partial charge < -0.3 is 10.1 Å². The monoisotopic (exact) mass is 358 g/mol. The maximum absolute atomic E-state index is 12.0. The zero-order chi connectivity index (χ0) is 14.4. The number of hydrogen-bond donors (Lipinski definition) is 1. The van der Waals surface area contributed by atoms with E-state index in [1.807, 2.05) is 5.38 Å². The van der Waals surface area contributed by atoms with E-state index in [4.69, 9.17) is 4.74 Å². The third kappa shape index (κ3) is 3.87. The molecule has 2 rings (SSSR count). The highest BCUT2D eigenvalue weighted by molar-refractivity contribution is 9.10. The maximum atomic E-state index is 12.0. The number of ether oxygens (including phenoxy) is 1. The number of methoxy groups -OCH3 is 1. The van der Waals surface area contributed by atoms with Gasteiger partial charge in [0.15, 0.2) is 0 Å². The molecule has 0 aliphatic rings. The number of halogens is 1. The van der Waals surface area contributed by atoms with E-state index in [9.17, 15) is 4.79 Å². The molecule has 108 valence electrons. The predicted octanol–water partition coefficient (Wildman–Crippen LogP) is 1.76. The standard InChI is InChI=1S/C12H15BrN4O2S/c1-19-6-5-17-12(18)11(13)9(8-16-17)14-3-2-10-15-4-7-20-10/h4,7-8,14H,2-3,5-6H2,1H3.